The molecule has 0 radical (unpaired) electrons. The first-order valence-electron chi connectivity index (χ1n) is 4.52. The maximum atomic E-state index is 11.3. The van der Waals surface area contributed by atoms with Gasteiger partial charge in [0.2, 0.25) is 5.43 Å². The van der Waals surface area contributed by atoms with Crippen LogP contribution in [0.3, 0.4) is 0 Å². The van der Waals surface area contributed by atoms with Gasteiger partial charge in [0.15, 0.2) is 5.75 Å². The Morgan fingerprint density at radius 3 is 2.46 bits per heavy atom. The highest BCUT2D eigenvalue weighted by molar-refractivity contribution is 5.29. The van der Waals surface area contributed by atoms with Crippen LogP contribution in [0.4, 0.5) is 0 Å². The molecule has 0 spiro atoms. The molecule has 0 atom stereocenters. The van der Waals surface area contributed by atoms with Crippen molar-refractivity contribution in [3.63, 3.8) is 0 Å². The van der Waals surface area contributed by atoms with E-state index in [-0.39, 0.29) is 11.2 Å². The summed E-state index contributed by atoms with van der Waals surface area (Å²) in [7, 11) is 1.87. The number of hydrogen-bond acceptors (Lipinski definition) is 2. The molecule has 0 saturated carbocycles. The van der Waals surface area contributed by atoms with Gasteiger partial charge in [0.1, 0.15) is 0 Å². The Labute approximate surface area is 77.6 Å². The van der Waals surface area contributed by atoms with Gasteiger partial charge in [0.25, 0.3) is 0 Å². The summed E-state index contributed by atoms with van der Waals surface area (Å²) in [5.74, 6) is -0.109. The number of nitrogens with zero attached hydrogens (tertiary/aromatic N) is 1. The van der Waals surface area contributed by atoms with Gasteiger partial charge in [-0.1, -0.05) is 13.8 Å². The van der Waals surface area contributed by atoms with E-state index in [1.54, 1.807) is 0 Å². The van der Waals surface area contributed by atoms with Crippen molar-refractivity contribution in [2.75, 3.05) is 0 Å². The maximum Gasteiger partial charge on any atom is 0.223 e. The highest BCUT2D eigenvalue weighted by Crippen LogP contribution is 2.13. The zero-order chi connectivity index (χ0) is 10.0. The zero-order valence-corrected chi connectivity index (χ0v) is 8.29. The van der Waals surface area contributed by atoms with Gasteiger partial charge in [0.05, 0.1) is 5.69 Å². The SMILES string of the molecule is CCc1cc(=O)c(O)c(CC)n1C. The second-order valence-corrected chi connectivity index (χ2v) is 3.06. The summed E-state index contributed by atoms with van der Waals surface area (Å²) < 4.78 is 1.89. The topological polar surface area (TPSA) is 42.2 Å². The fraction of sp³-hybridized carbons (Fsp3) is 0.500. The molecule has 0 aromatic carbocycles. The minimum atomic E-state index is -0.271. The highest BCUT2D eigenvalue weighted by Gasteiger charge is 2.09. The van der Waals surface area contributed by atoms with Crippen LogP contribution in [-0.4, -0.2) is 9.67 Å². The number of pyridine rings is 1. The first-order chi connectivity index (χ1) is 6.11. The summed E-state index contributed by atoms with van der Waals surface area (Å²) in [5.41, 5.74) is 1.40. The van der Waals surface area contributed by atoms with E-state index in [1.807, 2.05) is 25.5 Å². The standard InChI is InChI=1S/C10H15NO2/c1-4-7-6-9(12)10(13)8(5-2)11(7)3/h6,13H,4-5H2,1-3H3. The average molecular weight is 181 g/mol. The van der Waals surface area contributed by atoms with Crippen molar-refractivity contribution in [2.24, 2.45) is 7.05 Å². The van der Waals surface area contributed by atoms with E-state index in [4.69, 9.17) is 0 Å². The van der Waals surface area contributed by atoms with E-state index in [9.17, 15) is 9.90 Å². The zero-order valence-electron chi connectivity index (χ0n) is 8.29. The van der Waals surface area contributed by atoms with Gasteiger partial charge in [-0.05, 0) is 12.8 Å². The van der Waals surface area contributed by atoms with Crippen molar-refractivity contribution >= 4 is 0 Å². The Morgan fingerprint density at radius 1 is 1.38 bits per heavy atom. The molecule has 72 valence electrons. The second kappa shape index (κ2) is 3.64. The molecule has 1 heterocycles. The van der Waals surface area contributed by atoms with Crippen molar-refractivity contribution in [1.29, 1.82) is 0 Å². The largest absolute Gasteiger partial charge is 0.503 e. The van der Waals surface area contributed by atoms with Crippen LogP contribution < -0.4 is 5.43 Å². The van der Waals surface area contributed by atoms with Gasteiger partial charge in [-0.15, -0.1) is 0 Å². The Morgan fingerprint density at radius 2 is 2.00 bits per heavy atom. The molecular formula is C10H15NO2. The van der Waals surface area contributed by atoms with E-state index in [0.717, 1.165) is 12.1 Å². The van der Waals surface area contributed by atoms with Crippen LogP contribution in [0, 0.1) is 0 Å². The lowest BCUT2D eigenvalue weighted by atomic mass is 10.2. The van der Waals surface area contributed by atoms with Crippen molar-refractivity contribution in [1.82, 2.24) is 4.57 Å². The lowest BCUT2D eigenvalue weighted by molar-refractivity contribution is 0.452. The van der Waals surface area contributed by atoms with Crippen LogP contribution in [0.2, 0.25) is 0 Å². The lowest BCUT2D eigenvalue weighted by Crippen LogP contribution is -2.14. The Kier molecular flexibility index (Phi) is 2.76. The molecule has 0 bridgehead atoms. The summed E-state index contributed by atoms with van der Waals surface area (Å²) in [6.07, 6.45) is 1.48. The molecule has 1 N–H and O–H groups in total. The molecule has 0 unspecified atom stereocenters. The molecule has 13 heavy (non-hydrogen) atoms. The van der Waals surface area contributed by atoms with Crippen molar-refractivity contribution in [3.05, 3.63) is 27.7 Å². The molecular weight excluding hydrogens is 166 g/mol. The number of aromatic nitrogens is 1. The van der Waals surface area contributed by atoms with Crippen LogP contribution in [0.5, 0.6) is 5.75 Å². The smallest absolute Gasteiger partial charge is 0.223 e. The predicted molar refractivity (Wildman–Crippen MR) is 52.1 cm³/mol. The van der Waals surface area contributed by atoms with E-state index in [0.29, 0.717) is 12.1 Å². The maximum absolute atomic E-state index is 11.3. The summed E-state index contributed by atoms with van der Waals surface area (Å²) >= 11 is 0. The molecule has 3 nitrogen and oxygen atoms in total. The fourth-order valence-electron chi connectivity index (χ4n) is 1.53. The predicted octanol–water partition coefficient (Wildman–Crippen LogP) is 1.22. The van der Waals surface area contributed by atoms with Gasteiger partial charge in [-0.2, -0.15) is 0 Å². The molecule has 1 aromatic rings. The average Bonchev–Trinajstić information content (AvgIpc) is 2.12. The lowest BCUT2D eigenvalue weighted by Gasteiger charge is -2.12. The van der Waals surface area contributed by atoms with Crippen molar-refractivity contribution in [2.45, 2.75) is 26.7 Å². The van der Waals surface area contributed by atoms with Crippen molar-refractivity contribution in [3.8, 4) is 5.75 Å². The molecule has 3 heteroatoms. The van der Waals surface area contributed by atoms with Crippen LogP contribution in [0.15, 0.2) is 10.9 Å². The minimum Gasteiger partial charge on any atom is -0.503 e. The van der Waals surface area contributed by atoms with Crippen LogP contribution >= 0.6 is 0 Å². The third-order valence-corrected chi connectivity index (χ3v) is 2.34. The summed E-state index contributed by atoms with van der Waals surface area (Å²) in [6, 6.07) is 1.49. The summed E-state index contributed by atoms with van der Waals surface area (Å²) in [4.78, 5) is 11.3. The molecule has 0 saturated heterocycles. The van der Waals surface area contributed by atoms with Crippen molar-refractivity contribution < 1.29 is 5.11 Å². The highest BCUT2D eigenvalue weighted by atomic mass is 16.3. The third-order valence-electron chi connectivity index (χ3n) is 2.34. The number of aryl methyl sites for hydroxylation is 1. The Bertz CT molecular complexity index is 366. The Balaban J connectivity index is 3.48. The van der Waals surface area contributed by atoms with Crippen LogP contribution in [0.25, 0.3) is 0 Å². The first kappa shape index (κ1) is 9.84. The number of rotatable bonds is 2. The molecule has 0 aliphatic heterocycles. The number of aromatic hydroxyl groups is 1. The summed E-state index contributed by atoms with van der Waals surface area (Å²) in [5, 5.41) is 9.47. The monoisotopic (exact) mass is 181 g/mol. The fourth-order valence-corrected chi connectivity index (χ4v) is 1.53. The molecule has 0 aliphatic rings. The first-order valence-corrected chi connectivity index (χ1v) is 4.52. The third kappa shape index (κ3) is 1.59. The van der Waals surface area contributed by atoms with Gasteiger partial charge in [0, 0.05) is 18.8 Å². The molecule has 0 fully saturated rings. The van der Waals surface area contributed by atoms with E-state index in [1.165, 1.54) is 6.07 Å². The van der Waals surface area contributed by atoms with Gasteiger partial charge in [-0.3, -0.25) is 4.79 Å². The minimum absolute atomic E-state index is 0.109. The van der Waals surface area contributed by atoms with Gasteiger partial charge < -0.3 is 9.67 Å². The van der Waals surface area contributed by atoms with E-state index in [2.05, 4.69) is 0 Å². The van der Waals surface area contributed by atoms with Gasteiger partial charge in [-0.25, -0.2) is 0 Å². The number of hydrogen-bond donors (Lipinski definition) is 1. The normalized spacial score (nSPS) is 10.4. The van der Waals surface area contributed by atoms with Crippen LogP contribution in [0.1, 0.15) is 25.2 Å². The van der Waals surface area contributed by atoms with E-state index >= 15 is 0 Å². The quantitative estimate of drug-likeness (QED) is 0.745. The second-order valence-electron chi connectivity index (χ2n) is 3.06. The summed E-state index contributed by atoms with van der Waals surface area (Å²) in [6.45, 7) is 3.92. The molecule has 1 aromatic heterocycles. The van der Waals surface area contributed by atoms with E-state index < -0.39 is 0 Å². The van der Waals surface area contributed by atoms with Crippen LogP contribution in [-0.2, 0) is 19.9 Å². The molecule has 1 rings (SSSR count). The van der Waals surface area contributed by atoms with Gasteiger partial charge >= 0.3 is 0 Å². The molecule has 0 amide bonds. The molecule has 0 aliphatic carbocycles. The Hall–Kier alpha value is -1.25.